The smallest absolute Gasteiger partial charge is 0.418 e. The van der Waals surface area contributed by atoms with Crippen molar-refractivity contribution in [2.24, 2.45) is 0 Å². The van der Waals surface area contributed by atoms with Gasteiger partial charge in [0.2, 0.25) is 0 Å². The van der Waals surface area contributed by atoms with Crippen molar-refractivity contribution in [2.45, 2.75) is 44.2 Å². The minimum atomic E-state index is -4.56. The summed E-state index contributed by atoms with van der Waals surface area (Å²) < 4.78 is 39.7. The summed E-state index contributed by atoms with van der Waals surface area (Å²) in [7, 11) is 0. The van der Waals surface area contributed by atoms with Crippen LogP contribution in [0.3, 0.4) is 0 Å². The van der Waals surface area contributed by atoms with Crippen LogP contribution in [0, 0.1) is 0 Å². The first-order valence-corrected chi connectivity index (χ1v) is 7.62. The van der Waals surface area contributed by atoms with Crippen molar-refractivity contribution in [3.8, 4) is 0 Å². The lowest BCUT2D eigenvalue weighted by molar-refractivity contribution is -0.136. The van der Waals surface area contributed by atoms with Gasteiger partial charge in [-0.15, -0.1) is 0 Å². The molecule has 3 rings (SSSR count). The molecule has 0 aliphatic heterocycles. The highest BCUT2D eigenvalue weighted by atomic mass is 19.4. The predicted molar refractivity (Wildman–Crippen MR) is 79.5 cm³/mol. The van der Waals surface area contributed by atoms with Gasteiger partial charge < -0.3 is 5.11 Å². The third-order valence-corrected chi connectivity index (χ3v) is 4.42. The third-order valence-electron chi connectivity index (χ3n) is 4.42. The number of benzene rings is 1. The Morgan fingerprint density at radius 2 is 1.87 bits per heavy atom. The normalized spacial score (nSPS) is 16.7. The lowest BCUT2D eigenvalue weighted by atomic mass is 9.85. The highest BCUT2D eigenvalue weighted by molar-refractivity contribution is 6.03. The number of carbonyl (C=O) groups is 1. The van der Waals surface area contributed by atoms with Gasteiger partial charge in [-0.25, -0.2) is 4.79 Å². The fourth-order valence-electron chi connectivity index (χ4n) is 3.28. The van der Waals surface area contributed by atoms with Crippen molar-refractivity contribution in [1.29, 1.82) is 0 Å². The van der Waals surface area contributed by atoms with Crippen LogP contribution in [0.15, 0.2) is 24.3 Å². The molecule has 1 saturated carbocycles. The number of hydrogen-bond acceptors (Lipinski definition) is 2. The van der Waals surface area contributed by atoms with Crippen LogP contribution in [0.4, 0.5) is 13.2 Å². The number of para-hydroxylation sites is 1. The van der Waals surface area contributed by atoms with Crippen LogP contribution in [0.2, 0.25) is 0 Å². The van der Waals surface area contributed by atoms with Crippen molar-refractivity contribution < 1.29 is 23.1 Å². The van der Waals surface area contributed by atoms with Gasteiger partial charge in [-0.05, 0) is 25.0 Å². The lowest BCUT2D eigenvalue weighted by Crippen LogP contribution is -2.12. The molecule has 6 heteroatoms. The zero-order valence-corrected chi connectivity index (χ0v) is 12.4. The van der Waals surface area contributed by atoms with Crippen LogP contribution in [0.5, 0.6) is 0 Å². The summed E-state index contributed by atoms with van der Waals surface area (Å²) in [5, 5.41) is 9.42. The fourth-order valence-corrected chi connectivity index (χ4v) is 3.28. The second-order valence-corrected chi connectivity index (χ2v) is 5.93. The molecule has 122 valence electrons. The third kappa shape index (κ3) is 3.02. The zero-order valence-electron chi connectivity index (χ0n) is 12.4. The number of carboxylic acids is 1. The van der Waals surface area contributed by atoms with Crippen molar-refractivity contribution in [3.05, 3.63) is 41.1 Å². The van der Waals surface area contributed by atoms with E-state index in [9.17, 15) is 23.1 Å². The van der Waals surface area contributed by atoms with Gasteiger partial charge in [0.25, 0.3) is 0 Å². The van der Waals surface area contributed by atoms with Crippen LogP contribution < -0.4 is 0 Å². The molecular weight excluding hydrogens is 307 g/mol. The minimum absolute atomic E-state index is 0.0342. The van der Waals surface area contributed by atoms with Crippen LogP contribution in [-0.4, -0.2) is 16.1 Å². The average molecular weight is 323 g/mol. The number of carboxylic acid groups (broad SMARTS) is 1. The summed E-state index contributed by atoms with van der Waals surface area (Å²) in [6.07, 6.45) is 0.204. The van der Waals surface area contributed by atoms with Crippen molar-refractivity contribution in [1.82, 2.24) is 4.98 Å². The number of nitrogens with zero attached hydrogens (tertiary/aromatic N) is 1. The molecule has 0 spiro atoms. The summed E-state index contributed by atoms with van der Waals surface area (Å²) in [5.74, 6) is -1.19. The van der Waals surface area contributed by atoms with Gasteiger partial charge in [0.15, 0.2) is 0 Å². The Balaban J connectivity index is 2.25. The largest absolute Gasteiger partial charge is 0.478 e. The summed E-state index contributed by atoms with van der Waals surface area (Å²) in [5.41, 5.74) is -0.788. The topological polar surface area (TPSA) is 50.2 Å². The van der Waals surface area contributed by atoms with Gasteiger partial charge in [0.1, 0.15) is 0 Å². The molecule has 0 radical (unpaired) electrons. The van der Waals surface area contributed by atoms with E-state index in [1.165, 1.54) is 18.2 Å². The maximum Gasteiger partial charge on any atom is 0.418 e. The van der Waals surface area contributed by atoms with Crippen LogP contribution in [0.1, 0.15) is 59.6 Å². The SMILES string of the molecule is O=C(O)c1cc(C2CCCCC2)nc2c(C(F)(F)F)cccc12. The molecule has 1 aromatic carbocycles. The quantitative estimate of drug-likeness (QED) is 0.846. The molecule has 0 unspecified atom stereocenters. The number of aromatic carboxylic acids is 1. The van der Waals surface area contributed by atoms with Gasteiger partial charge in [0.05, 0.1) is 16.6 Å². The molecule has 0 bridgehead atoms. The standard InChI is InChI=1S/C17H16F3NO2/c18-17(19,20)13-8-4-7-11-12(16(22)23)9-14(21-15(11)13)10-5-2-1-3-6-10/h4,7-10H,1-3,5-6H2,(H,22,23). The summed E-state index contributed by atoms with van der Waals surface area (Å²) in [6.45, 7) is 0. The molecule has 23 heavy (non-hydrogen) atoms. The Labute approximate surface area is 131 Å². The molecule has 1 N–H and O–H groups in total. The highest BCUT2D eigenvalue weighted by Gasteiger charge is 2.34. The number of alkyl halides is 3. The van der Waals surface area contributed by atoms with E-state index in [1.807, 2.05) is 0 Å². The van der Waals surface area contributed by atoms with Gasteiger partial charge in [-0.3, -0.25) is 4.98 Å². The lowest BCUT2D eigenvalue weighted by Gasteiger charge is -2.22. The number of halogens is 3. The second-order valence-electron chi connectivity index (χ2n) is 5.93. The summed E-state index contributed by atoms with van der Waals surface area (Å²) in [6, 6.07) is 5.00. The van der Waals surface area contributed by atoms with Gasteiger partial charge in [0, 0.05) is 17.0 Å². The van der Waals surface area contributed by atoms with E-state index in [0.29, 0.717) is 5.69 Å². The van der Waals surface area contributed by atoms with Crippen LogP contribution in [-0.2, 0) is 6.18 Å². The van der Waals surface area contributed by atoms with E-state index >= 15 is 0 Å². The van der Waals surface area contributed by atoms with Crippen LogP contribution in [0.25, 0.3) is 10.9 Å². The number of fused-ring (bicyclic) bond motifs is 1. The van der Waals surface area contributed by atoms with Gasteiger partial charge in [-0.2, -0.15) is 13.2 Å². The summed E-state index contributed by atoms with van der Waals surface area (Å²) >= 11 is 0. The monoisotopic (exact) mass is 323 g/mol. The molecule has 3 nitrogen and oxygen atoms in total. The molecule has 1 aliphatic carbocycles. The Bertz CT molecular complexity index is 749. The van der Waals surface area contributed by atoms with E-state index < -0.39 is 17.7 Å². The first kappa shape index (κ1) is 15.8. The van der Waals surface area contributed by atoms with Crippen LogP contribution >= 0.6 is 0 Å². The molecule has 1 heterocycles. The zero-order chi connectivity index (χ0) is 16.6. The molecular formula is C17H16F3NO2. The first-order valence-electron chi connectivity index (χ1n) is 7.62. The Hall–Kier alpha value is -2.11. The Morgan fingerprint density at radius 3 is 2.48 bits per heavy atom. The van der Waals surface area contributed by atoms with Crippen molar-refractivity contribution in [2.75, 3.05) is 0 Å². The predicted octanol–water partition coefficient (Wildman–Crippen LogP) is 5.00. The molecule has 0 saturated heterocycles. The highest BCUT2D eigenvalue weighted by Crippen LogP contribution is 2.38. The van der Waals surface area contributed by atoms with E-state index in [2.05, 4.69) is 4.98 Å². The molecule has 0 amide bonds. The maximum atomic E-state index is 13.2. The van der Waals surface area contributed by atoms with Gasteiger partial charge in [-0.1, -0.05) is 31.4 Å². The van der Waals surface area contributed by atoms with Gasteiger partial charge >= 0.3 is 12.1 Å². The van der Waals surface area contributed by atoms with E-state index in [1.54, 1.807) is 0 Å². The number of pyridine rings is 1. The van der Waals surface area contributed by atoms with Crippen molar-refractivity contribution in [3.63, 3.8) is 0 Å². The van der Waals surface area contributed by atoms with E-state index in [4.69, 9.17) is 0 Å². The average Bonchev–Trinajstić information content (AvgIpc) is 2.53. The maximum absolute atomic E-state index is 13.2. The number of rotatable bonds is 2. The summed E-state index contributed by atoms with van der Waals surface area (Å²) in [4.78, 5) is 15.7. The fraction of sp³-hybridized carbons (Fsp3) is 0.412. The number of hydrogen-bond donors (Lipinski definition) is 1. The van der Waals surface area contributed by atoms with Crippen molar-refractivity contribution >= 4 is 16.9 Å². The van der Waals surface area contributed by atoms with E-state index in [0.717, 1.165) is 38.2 Å². The minimum Gasteiger partial charge on any atom is -0.478 e. The first-order chi connectivity index (χ1) is 10.9. The Morgan fingerprint density at radius 1 is 1.17 bits per heavy atom. The van der Waals surface area contributed by atoms with E-state index in [-0.39, 0.29) is 22.4 Å². The molecule has 2 aromatic rings. The number of aromatic nitrogens is 1. The molecule has 1 aromatic heterocycles. The molecule has 0 atom stereocenters. The molecule has 1 fully saturated rings. The Kier molecular flexibility index (Phi) is 4.00. The molecule has 1 aliphatic rings. The second kappa shape index (κ2) is 5.83.